The van der Waals surface area contributed by atoms with Gasteiger partial charge in [0.25, 0.3) is 11.8 Å². The molecule has 0 aliphatic heterocycles. The zero-order valence-corrected chi connectivity index (χ0v) is 18.4. The molecule has 0 unspecified atom stereocenters. The maximum atomic E-state index is 13.0. The van der Waals surface area contributed by atoms with Gasteiger partial charge < -0.3 is 19.4 Å². The second kappa shape index (κ2) is 8.69. The van der Waals surface area contributed by atoms with Crippen molar-refractivity contribution in [3.8, 4) is 5.75 Å². The van der Waals surface area contributed by atoms with Crippen LogP contribution in [-0.2, 0) is 24.2 Å². The summed E-state index contributed by atoms with van der Waals surface area (Å²) in [6, 6.07) is 13.5. The summed E-state index contributed by atoms with van der Waals surface area (Å²) < 4.78 is 11.9. The highest BCUT2D eigenvalue weighted by molar-refractivity contribution is 5.94. The van der Waals surface area contributed by atoms with Crippen molar-refractivity contribution in [1.29, 1.82) is 0 Å². The molecule has 1 N–H and O–H groups in total. The van der Waals surface area contributed by atoms with E-state index < -0.39 is 0 Å². The molecule has 0 saturated heterocycles. The Labute approximate surface area is 187 Å². The predicted octanol–water partition coefficient (Wildman–Crippen LogP) is 4.24. The van der Waals surface area contributed by atoms with Crippen molar-refractivity contribution < 1.29 is 18.7 Å². The third kappa shape index (κ3) is 4.22. The second-order valence-corrected chi connectivity index (χ2v) is 8.69. The van der Waals surface area contributed by atoms with Gasteiger partial charge in [0.15, 0.2) is 6.61 Å². The van der Waals surface area contributed by atoms with E-state index in [2.05, 4.69) is 5.32 Å². The third-order valence-corrected chi connectivity index (χ3v) is 6.39. The number of carbonyl (C=O) groups is 2. The molecule has 6 heteroatoms. The Kier molecular flexibility index (Phi) is 5.60. The van der Waals surface area contributed by atoms with Crippen LogP contribution < -0.4 is 10.1 Å². The van der Waals surface area contributed by atoms with Gasteiger partial charge in [0, 0.05) is 42.6 Å². The zero-order valence-electron chi connectivity index (χ0n) is 18.4. The van der Waals surface area contributed by atoms with Gasteiger partial charge >= 0.3 is 0 Å². The van der Waals surface area contributed by atoms with E-state index in [1.54, 1.807) is 19.2 Å². The van der Waals surface area contributed by atoms with Gasteiger partial charge in [-0.25, -0.2) is 0 Å². The van der Waals surface area contributed by atoms with Gasteiger partial charge in [-0.2, -0.15) is 0 Å². The summed E-state index contributed by atoms with van der Waals surface area (Å²) >= 11 is 0. The molecule has 2 aliphatic rings. The van der Waals surface area contributed by atoms with Gasteiger partial charge in [-0.05, 0) is 68.0 Å². The van der Waals surface area contributed by atoms with Gasteiger partial charge in [0.1, 0.15) is 17.1 Å². The van der Waals surface area contributed by atoms with Crippen LogP contribution in [0.3, 0.4) is 0 Å². The molecule has 6 nitrogen and oxygen atoms in total. The van der Waals surface area contributed by atoms with Crippen molar-refractivity contribution in [3.05, 3.63) is 64.9 Å². The van der Waals surface area contributed by atoms with Crippen molar-refractivity contribution in [2.24, 2.45) is 0 Å². The van der Waals surface area contributed by atoms with Crippen LogP contribution in [0.25, 0.3) is 11.0 Å². The Balaban J connectivity index is 1.25. The number of fused-ring (bicyclic) bond motifs is 3. The fourth-order valence-corrected chi connectivity index (χ4v) is 4.47. The number of ether oxygens (including phenoxy) is 1. The summed E-state index contributed by atoms with van der Waals surface area (Å²) in [5.74, 6) is 1.67. The number of nitrogens with zero attached hydrogens (tertiary/aromatic N) is 1. The minimum Gasteiger partial charge on any atom is -0.484 e. The SMILES string of the molecule is CNC(=O)c1ccc(CN(C(=O)COc2ccc3oc4c(c3c2)CCCC4)C2CC2)cc1. The lowest BCUT2D eigenvalue weighted by Crippen LogP contribution is -2.36. The van der Waals surface area contributed by atoms with Crippen molar-refractivity contribution >= 4 is 22.8 Å². The fourth-order valence-electron chi connectivity index (χ4n) is 4.47. The molecule has 2 aromatic carbocycles. The van der Waals surface area contributed by atoms with Crippen LogP contribution in [0.1, 0.15) is 52.9 Å². The van der Waals surface area contributed by atoms with Gasteiger partial charge in [-0.1, -0.05) is 12.1 Å². The maximum Gasteiger partial charge on any atom is 0.261 e. The van der Waals surface area contributed by atoms with Gasteiger partial charge in [0.05, 0.1) is 0 Å². The van der Waals surface area contributed by atoms with E-state index >= 15 is 0 Å². The third-order valence-electron chi connectivity index (χ3n) is 6.39. The molecular formula is C26H28N2O4. The van der Waals surface area contributed by atoms with Crippen molar-refractivity contribution in [3.63, 3.8) is 0 Å². The Morgan fingerprint density at radius 3 is 2.62 bits per heavy atom. The van der Waals surface area contributed by atoms with Gasteiger partial charge in [0.2, 0.25) is 0 Å². The topological polar surface area (TPSA) is 71.8 Å². The smallest absolute Gasteiger partial charge is 0.261 e. The minimum atomic E-state index is -0.115. The molecule has 2 amide bonds. The van der Waals surface area contributed by atoms with Crippen molar-refractivity contribution in [1.82, 2.24) is 10.2 Å². The molecule has 0 radical (unpaired) electrons. The number of rotatable bonds is 7. The second-order valence-electron chi connectivity index (χ2n) is 8.69. The van der Waals surface area contributed by atoms with Crippen LogP contribution in [0.4, 0.5) is 0 Å². The zero-order chi connectivity index (χ0) is 22.1. The largest absolute Gasteiger partial charge is 0.484 e. The lowest BCUT2D eigenvalue weighted by molar-refractivity contribution is -0.134. The molecule has 32 heavy (non-hydrogen) atoms. The molecule has 5 rings (SSSR count). The van der Waals surface area contributed by atoms with E-state index in [0.29, 0.717) is 17.9 Å². The van der Waals surface area contributed by atoms with E-state index in [1.807, 2.05) is 35.2 Å². The summed E-state index contributed by atoms with van der Waals surface area (Å²) in [4.78, 5) is 26.6. The number of aryl methyl sites for hydroxylation is 2. The van der Waals surface area contributed by atoms with Crippen LogP contribution in [0.5, 0.6) is 5.75 Å². The Bertz CT molecular complexity index is 1140. The first-order valence-electron chi connectivity index (χ1n) is 11.4. The van der Waals surface area contributed by atoms with Gasteiger partial charge in [-0.15, -0.1) is 0 Å². The van der Waals surface area contributed by atoms with E-state index in [-0.39, 0.29) is 24.5 Å². The number of amides is 2. The van der Waals surface area contributed by atoms with E-state index in [0.717, 1.165) is 48.0 Å². The van der Waals surface area contributed by atoms with Crippen LogP contribution in [0.15, 0.2) is 46.9 Å². The Morgan fingerprint density at radius 2 is 1.88 bits per heavy atom. The summed E-state index contributed by atoms with van der Waals surface area (Å²) in [5.41, 5.74) is 3.81. The van der Waals surface area contributed by atoms with E-state index in [4.69, 9.17) is 9.15 Å². The molecule has 0 bridgehead atoms. The standard InChI is InChI=1S/C26H28N2O4/c1-27-26(30)18-8-6-17(7-9-18)15-28(19-10-11-19)25(29)16-31-20-12-13-24-22(14-20)21-4-2-3-5-23(21)32-24/h6-9,12-14,19H,2-5,10-11,15-16H2,1H3,(H,27,30). The number of hydrogen-bond acceptors (Lipinski definition) is 4. The molecule has 0 atom stereocenters. The van der Waals surface area contributed by atoms with E-state index in [9.17, 15) is 9.59 Å². The lowest BCUT2D eigenvalue weighted by atomic mass is 9.96. The normalized spacial score (nSPS) is 15.3. The van der Waals surface area contributed by atoms with Crippen LogP contribution in [0, 0.1) is 0 Å². The quantitative estimate of drug-likeness (QED) is 0.606. The van der Waals surface area contributed by atoms with Crippen molar-refractivity contribution in [2.45, 2.75) is 51.1 Å². The van der Waals surface area contributed by atoms with Crippen LogP contribution in [0.2, 0.25) is 0 Å². The molecule has 166 valence electrons. The monoisotopic (exact) mass is 432 g/mol. The number of hydrogen-bond donors (Lipinski definition) is 1. The first-order chi connectivity index (χ1) is 15.6. The summed E-state index contributed by atoms with van der Waals surface area (Å²) in [6.45, 7) is 0.535. The molecule has 2 aliphatic carbocycles. The number of furan rings is 1. The van der Waals surface area contributed by atoms with Gasteiger partial charge in [-0.3, -0.25) is 9.59 Å². The summed E-state index contributed by atoms with van der Waals surface area (Å²) in [7, 11) is 1.61. The maximum absolute atomic E-state index is 13.0. The molecule has 1 aromatic heterocycles. The van der Waals surface area contributed by atoms with E-state index in [1.165, 1.54) is 18.4 Å². The fraction of sp³-hybridized carbons (Fsp3) is 0.385. The molecule has 1 fully saturated rings. The number of benzene rings is 2. The molecule has 3 aromatic rings. The molecule has 1 heterocycles. The molecule has 0 spiro atoms. The van der Waals surface area contributed by atoms with Crippen LogP contribution >= 0.6 is 0 Å². The first-order valence-corrected chi connectivity index (χ1v) is 11.4. The first kappa shape index (κ1) is 20.6. The minimum absolute atomic E-state index is 0.0123. The lowest BCUT2D eigenvalue weighted by Gasteiger charge is -2.23. The number of nitrogens with one attached hydrogen (secondary N) is 1. The highest BCUT2D eigenvalue weighted by atomic mass is 16.5. The average molecular weight is 433 g/mol. The summed E-state index contributed by atoms with van der Waals surface area (Å²) in [6.07, 6.45) is 6.45. The van der Waals surface area contributed by atoms with Crippen LogP contribution in [-0.4, -0.2) is 36.4 Å². The highest BCUT2D eigenvalue weighted by Crippen LogP contribution is 2.34. The molecular weight excluding hydrogens is 404 g/mol. The Morgan fingerprint density at radius 1 is 1.09 bits per heavy atom. The predicted molar refractivity (Wildman–Crippen MR) is 122 cm³/mol. The van der Waals surface area contributed by atoms with Crippen molar-refractivity contribution in [2.75, 3.05) is 13.7 Å². The summed E-state index contributed by atoms with van der Waals surface area (Å²) in [5, 5.41) is 3.73. The Hall–Kier alpha value is -3.28. The number of carbonyl (C=O) groups excluding carboxylic acids is 2. The molecule has 1 saturated carbocycles. The highest BCUT2D eigenvalue weighted by Gasteiger charge is 2.32. The average Bonchev–Trinajstić information content (AvgIpc) is 3.61.